The number of nitrogens with one attached hydrogen (secondary N) is 1. The molecule has 1 unspecified atom stereocenters. The normalized spacial score (nSPS) is 13.9. The molecule has 0 aliphatic rings. The molecular weight excluding hydrogens is 192 g/mol. The monoisotopic (exact) mass is 210 g/mol. The molecule has 1 heterocycles. The van der Waals surface area contributed by atoms with Crippen LogP contribution in [-0.2, 0) is 0 Å². The smallest absolute Gasteiger partial charge is 0.219 e. The van der Waals surface area contributed by atoms with Gasteiger partial charge in [0.05, 0.1) is 6.10 Å². The molecule has 1 rings (SSSR count). The first-order chi connectivity index (χ1) is 6.88. The molecule has 1 aromatic rings. The van der Waals surface area contributed by atoms with E-state index in [2.05, 4.69) is 15.3 Å². The minimum Gasteiger partial charge on any atom is -0.387 e. The van der Waals surface area contributed by atoms with Crippen molar-refractivity contribution in [3.05, 3.63) is 18.0 Å². The molecule has 0 radical (unpaired) electrons. The SMILES string of the molecule is CC(C)(C)NCC(O)c1cnc(N)nc1. The maximum absolute atomic E-state index is 9.79. The van der Waals surface area contributed by atoms with Crippen molar-refractivity contribution in [1.82, 2.24) is 15.3 Å². The summed E-state index contributed by atoms with van der Waals surface area (Å²) in [6.07, 6.45) is 2.47. The Bertz CT molecular complexity index is 304. The highest BCUT2D eigenvalue weighted by Gasteiger charge is 2.13. The zero-order valence-corrected chi connectivity index (χ0v) is 9.36. The predicted molar refractivity (Wildman–Crippen MR) is 59.2 cm³/mol. The third-order valence-corrected chi connectivity index (χ3v) is 1.90. The Labute approximate surface area is 89.7 Å². The van der Waals surface area contributed by atoms with Gasteiger partial charge in [-0.05, 0) is 20.8 Å². The summed E-state index contributed by atoms with van der Waals surface area (Å²) < 4.78 is 0. The first kappa shape index (κ1) is 11.9. The van der Waals surface area contributed by atoms with E-state index < -0.39 is 6.10 Å². The summed E-state index contributed by atoms with van der Waals surface area (Å²) in [6.45, 7) is 6.59. The van der Waals surface area contributed by atoms with Crippen LogP contribution in [0.3, 0.4) is 0 Å². The second-order valence-corrected chi connectivity index (χ2v) is 4.52. The topological polar surface area (TPSA) is 84.1 Å². The fraction of sp³-hybridized carbons (Fsp3) is 0.600. The van der Waals surface area contributed by atoms with E-state index in [0.29, 0.717) is 12.1 Å². The number of rotatable bonds is 3. The van der Waals surface area contributed by atoms with Crippen LogP contribution in [0.4, 0.5) is 5.95 Å². The van der Waals surface area contributed by atoms with Crippen LogP contribution in [0, 0.1) is 0 Å². The molecule has 0 fully saturated rings. The van der Waals surface area contributed by atoms with E-state index in [-0.39, 0.29) is 11.5 Å². The number of anilines is 1. The second-order valence-electron chi connectivity index (χ2n) is 4.52. The molecule has 15 heavy (non-hydrogen) atoms. The number of aliphatic hydroxyl groups is 1. The van der Waals surface area contributed by atoms with Crippen molar-refractivity contribution in [2.75, 3.05) is 12.3 Å². The Morgan fingerprint density at radius 3 is 2.40 bits per heavy atom. The molecular formula is C10H18N4O. The minimum atomic E-state index is -0.607. The van der Waals surface area contributed by atoms with E-state index in [9.17, 15) is 5.11 Å². The van der Waals surface area contributed by atoms with Crippen molar-refractivity contribution in [2.24, 2.45) is 0 Å². The fourth-order valence-electron chi connectivity index (χ4n) is 1.04. The van der Waals surface area contributed by atoms with E-state index in [1.54, 1.807) is 0 Å². The van der Waals surface area contributed by atoms with Gasteiger partial charge in [-0.15, -0.1) is 0 Å². The Morgan fingerprint density at radius 1 is 1.40 bits per heavy atom. The van der Waals surface area contributed by atoms with Gasteiger partial charge < -0.3 is 16.2 Å². The average molecular weight is 210 g/mol. The van der Waals surface area contributed by atoms with Gasteiger partial charge in [0.15, 0.2) is 0 Å². The number of hydrogen-bond acceptors (Lipinski definition) is 5. The minimum absolute atomic E-state index is 0.0182. The molecule has 0 aliphatic carbocycles. The lowest BCUT2D eigenvalue weighted by Crippen LogP contribution is -2.38. The lowest BCUT2D eigenvalue weighted by molar-refractivity contribution is 0.162. The third kappa shape index (κ3) is 4.22. The van der Waals surface area contributed by atoms with E-state index in [4.69, 9.17) is 5.73 Å². The van der Waals surface area contributed by atoms with Gasteiger partial charge in [-0.1, -0.05) is 0 Å². The maximum atomic E-state index is 9.79. The summed E-state index contributed by atoms with van der Waals surface area (Å²) in [4.78, 5) is 7.65. The van der Waals surface area contributed by atoms with Crippen LogP contribution in [0.1, 0.15) is 32.4 Å². The van der Waals surface area contributed by atoms with Crippen LogP contribution < -0.4 is 11.1 Å². The Morgan fingerprint density at radius 2 is 1.93 bits per heavy atom. The van der Waals surface area contributed by atoms with Gasteiger partial charge in [0.1, 0.15) is 0 Å². The molecule has 0 aromatic carbocycles. The summed E-state index contributed by atoms with van der Waals surface area (Å²) in [5.41, 5.74) is 6.00. The standard InChI is InChI=1S/C10H18N4O/c1-10(2,3)14-6-8(15)7-4-12-9(11)13-5-7/h4-5,8,14-15H,6H2,1-3H3,(H2,11,12,13). The lowest BCUT2D eigenvalue weighted by Gasteiger charge is -2.22. The highest BCUT2D eigenvalue weighted by atomic mass is 16.3. The molecule has 4 N–H and O–H groups in total. The maximum Gasteiger partial charge on any atom is 0.219 e. The Hall–Kier alpha value is -1.20. The van der Waals surface area contributed by atoms with Crippen LogP contribution in [0.2, 0.25) is 0 Å². The van der Waals surface area contributed by atoms with Crippen molar-refractivity contribution >= 4 is 5.95 Å². The van der Waals surface area contributed by atoms with Gasteiger partial charge in [0, 0.05) is 30.0 Å². The molecule has 0 amide bonds. The third-order valence-electron chi connectivity index (χ3n) is 1.90. The quantitative estimate of drug-likeness (QED) is 0.675. The van der Waals surface area contributed by atoms with Gasteiger partial charge in [0.25, 0.3) is 0 Å². The molecule has 0 aliphatic heterocycles. The van der Waals surface area contributed by atoms with Gasteiger partial charge in [-0.25, -0.2) is 9.97 Å². The van der Waals surface area contributed by atoms with E-state index in [0.717, 1.165) is 0 Å². The number of hydrogen-bond donors (Lipinski definition) is 3. The second kappa shape index (κ2) is 4.55. The highest BCUT2D eigenvalue weighted by molar-refractivity contribution is 5.18. The molecule has 0 spiro atoms. The summed E-state index contributed by atoms with van der Waals surface area (Å²) in [6, 6.07) is 0. The Kier molecular flexibility index (Phi) is 3.60. The lowest BCUT2D eigenvalue weighted by atomic mass is 10.1. The van der Waals surface area contributed by atoms with Crippen LogP contribution in [0.5, 0.6) is 0 Å². The van der Waals surface area contributed by atoms with E-state index in [1.165, 1.54) is 12.4 Å². The summed E-state index contributed by atoms with van der Waals surface area (Å²) >= 11 is 0. The van der Waals surface area contributed by atoms with Crippen molar-refractivity contribution < 1.29 is 5.11 Å². The first-order valence-electron chi connectivity index (χ1n) is 4.89. The van der Waals surface area contributed by atoms with E-state index >= 15 is 0 Å². The van der Waals surface area contributed by atoms with Crippen LogP contribution in [-0.4, -0.2) is 27.2 Å². The van der Waals surface area contributed by atoms with Crippen molar-refractivity contribution in [1.29, 1.82) is 0 Å². The summed E-state index contributed by atoms with van der Waals surface area (Å²) in [5.74, 6) is 0.217. The molecule has 1 atom stereocenters. The van der Waals surface area contributed by atoms with Crippen LogP contribution in [0.15, 0.2) is 12.4 Å². The predicted octanol–water partition coefficient (Wildman–Crippen LogP) is 0.480. The zero-order valence-electron chi connectivity index (χ0n) is 9.36. The fourth-order valence-corrected chi connectivity index (χ4v) is 1.04. The highest BCUT2D eigenvalue weighted by Crippen LogP contribution is 2.11. The Balaban J connectivity index is 2.54. The number of nitrogens with two attached hydrogens (primary N) is 1. The molecule has 0 bridgehead atoms. The molecule has 0 saturated heterocycles. The number of β-amino-alcohol motifs (C(OH)–C–C–N with tert-alkyl or cyclic N) is 1. The van der Waals surface area contributed by atoms with Crippen molar-refractivity contribution in [2.45, 2.75) is 32.4 Å². The summed E-state index contributed by atoms with van der Waals surface area (Å²) in [7, 11) is 0. The van der Waals surface area contributed by atoms with Gasteiger partial charge in [-0.3, -0.25) is 0 Å². The summed E-state index contributed by atoms with van der Waals surface area (Å²) in [5, 5.41) is 13.0. The first-order valence-corrected chi connectivity index (χ1v) is 4.89. The van der Waals surface area contributed by atoms with Gasteiger partial charge >= 0.3 is 0 Å². The largest absolute Gasteiger partial charge is 0.387 e. The number of nitrogens with zero attached hydrogens (tertiary/aromatic N) is 2. The molecule has 5 nitrogen and oxygen atoms in total. The van der Waals surface area contributed by atoms with Crippen LogP contribution in [0.25, 0.3) is 0 Å². The van der Waals surface area contributed by atoms with Gasteiger partial charge in [0.2, 0.25) is 5.95 Å². The number of nitrogen functional groups attached to an aromatic ring is 1. The average Bonchev–Trinajstić information content (AvgIpc) is 2.14. The van der Waals surface area contributed by atoms with E-state index in [1.807, 2.05) is 20.8 Å². The van der Waals surface area contributed by atoms with Gasteiger partial charge in [-0.2, -0.15) is 0 Å². The molecule has 5 heteroatoms. The number of aliphatic hydroxyl groups excluding tert-OH is 1. The van der Waals surface area contributed by atoms with Crippen molar-refractivity contribution in [3.8, 4) is 0 Å². The van der Waals surface area contributed by atoms with Crippen LogP contribution >= 0.6 is 0 Å². The molecule has 0 saturated carbocycles. The molecule has 1 aromatic heterocycles. The van der Waals surface area contributed by atoms with Crippen molar-refractivity contribution in [3.63, 3.8) is 0 Å². The number of aromatic nitrogens is 2. The molecule has 84 valence electrons. The zero-order chi connectivity index (χ0) is 11.5.